The predicted molar refractivity (Wildman–Crippen MR) is 90.0 cm³/mol. The highest BCUT2D eigenvalue weighted by Gasteiger charge is 2.05. The standard InChI is InChI=1S/C18H19N3O2/c22-21-13-15-9-8-14(23-15)5-3-4-11-19-18-10-12-20-17-7-2-1-6-16(17)18/h1-2,6-10,12-13,22H,3-5,11H2,(H,19,20)/p+1/b21-13-. The minimum Gasteiger partial charge on any atom is -0.460 e. The number of unbranched alkanes of at least 4 members (excludes halogenated alkanes) is 1. The van der Waals surface area contributed by atoms with E-state index in [1.165, 1.54) is 11.6 Å². The number of aromatic amines is 1. The average molecular weight is 310 g/mol. The van der Waals surface area contributed by atoms with Crippen LogP contribution in [0.2, 0.25) is 0 Å². The van der Waals surface area contributed by atoms with Gasteiger partial charge in [0.05, 0.1) is 11.1 Å². The molecule has 0 atom stereocenters. The molecular weight excluding hydrogens is 290 g/mol. The van der Waals surface area contributed by atoms with Crippen LogP contribution in [0.15, 0.2) is 58.2 Å². The Kier molecular flexibility index (Phi) is 4.88. The Labute approximate surface area is 134 Å². The molecule has 3 aromatic rings. The second-order valence-corrected chi connectivity index (χ2v) is 5.37. The maximum absolute atomic E-state index is 8.46. The highest BCUT2D eigenvalue weighted by atomic mass is 16.4. The summed E-state index contributed by atoms with van der Waals surface area (Å²) < 4.78 is 5.51. The van der Waals surface area contributed by atoms with Gasteiger partial charge in [-0.05, 0) is 31.0 Å². The van der Waals surface area contributed by atoms with Crippen molar-refractivity contribution in [1.82, 2.24) is 0 Å². The lowest BCUT2D eigenvalue weighted by molar-refractivity contribution is -0.344. The molecule has 5 heteroatoms. The van der Waals surface area contributed by atoms with Gasteiger partial charge in [-0.15, -0.1) is 0 Å². The van der Waals surface area contributed by atoms with Gasteiger partial charge in [-0.2, -0.15) is 0 Å². The molecule has 1 aromatic carbocycles. The number of nitrogens with zero attached hydrogens (tertiary/aromatic N) is 1. The Morgan fingerprint density at radius 1 is 1.13 bits per heavy atom. The summed E-state index contributed by atoms with van der Waals surface area (Å²) in [4.78, 5) is 3.25. The molecule has 0 fully saturated rings. The van der Waals surface area contributed by atoms with Gasteiger partial charge >= 0.3 is 0 Å². The number of fused-ring (bicyclic) bond motifs is 1. The van der Waals surface area contributed by atoms with Gasteiger partial charge in [0.25, 0.3) is 0 Å². The largest absolute Gasteiger partial charge is 0.460 e. The van der Waals surface area contributed by atoms with Gasteiger partial charge in [0, 0.05) is 25.1 Å². The zero-order chi connectivity index (χ0) is 15.9. The third-order valence-electron chi connectivity index (χ3n) is 3.74. The summed E-state index contributed by atoms with van der Waals surface area (Å²) in [5.41, 5.74) is 2.28. The number of aromatic nitrogens is 1. The first-order valence-electron chi connectivity index (χ1n) is 7.76. The summed E-state index contributed by atoms with van der Waals surface area (Å²) in [5.74, 6) is 1.49. The van der Waals surface area contributed by atoms with Gasteiger partial charge in [0.2, 0.25) is 5.52 Å². The van der Waals surface area contributed by atoms with Gasteiger partial charge < -0.3 is 14.9 Å². The number of para-hydroxylation sites is 1. The summed E-state index contributed by atoms with van der Waals surface area (Å²) in [7, 11) is 0. The Morgan fingerprint density at radius 3 is 2.96 bits per heavy atom. The maximum Gasteiger partial charge on any atom is 0.212 e. The lowest BCUT2D eigenvalue weighted by Crippen LogP contribution is -2.07. The average Bonchev–Trinajstić information content (AvgIpc) is 3.02. The zero-order valence-electron chi connectivity index (χ0n) is 12.8. The first kappa shape index (κ1) is 15.1. The third-order valence-corrected chi connectivity index (χ3v) is 3.74. The van der Waals surface area contributed by atoms with E-state index < -0.39 is 0 Å². The van der Waals surface area contributed by atoms with Crippen LogP contribution < -0.4 is 10.3 Å². The van der Waals surface area contributed by atoms with E-state index in [1.807, 2.05) is 24.4 Å². The lowest BCUT2D eigenvalue weighted by Gasteiger charge is -2.06. The van der Waals surface area contributed by atoms with E-state index in [0.717, 1.165) is 42.8 Å². The third kappa shape index (κ3) is 3.88. The number of hydrogen-bond acceptors (Lipinski definition) is 4. The van der Waals surface area contributed by atoms with Crippen LogP contribution >= 0.6 is 0 Å². The Hall–Kier alpha value is -2.82. The fourth-order valence-electron chi connectivity index (χ4n) is 2.60. The number of H-pyrrole nitrogens is 1. The molecule has 0 radical (unpaired) electrons. The number of benzene rings is 1. The molecule has 0 bridgehead atoms. The molecule has 5 nitrogen and oxygen atoms in total. The van der Waals surface area contributed by atoms with Crippen molar-refractivity contribution < 1.29 is 14.6 Å². The van der Waals surface area contributed by atoms with E-state index >= 15 is 0 Å². The molecule has 0 aliphatic heterocycles. The summed E-state index contributed by atoms with van der Waals surface area (Å²) in [6.45, 7) is 0.916. The first-order chi connectivity index (χ1) is 11.4. The highest BCUT2D eigenvalue weighted by Crippen LogP contribution is 2.19. The van der Waals surface area contributed by atoms with Crippen molar-refractivity contribution >= 4 is 22.8 Å². The monoisotopic (exact) mass is 310 g/mol. The summed E-state index contributed by atoms with van der Waals surface area (Å²) in [6, 6.07) is 14.1. The summed E-state index contributed by atoms with van der Waals surface area (Å²) in [6.07, 6.45) is 6.22. The molecule has 2 heterocycles. The van der Waals surface area contributed by atoms with Crippen LogP contribution in [0, 0.1) is 0 Å². The maximum atomic E-state index is 8.46. The van der Waals surface area contributed by atoms with Gasteiger partial charge in [-0.25, -0.2) is 4.98 Å². The van der Waals surface area contributed by atoms with Crippen LogP contribution in [0.5, 0.6) is 0 Å². The second kappa shape index (κ2) is 7.45. The quantitative estimate of drug-likeness (QED) is 0.304. The Balaban J connectivity index is 1.47. The predicted octanol–water partition coefficient (Wildman–Crippen LogP) is 3.49. The molecule has 0 aliphatic carbocycles. The smallest absolute Gasteiger partial charge is 0.212 e. The minimum absolute atomic E-state index is 0.577. The molecule has 0 spiro atoms. The van der Waals surface area contributed by atoms with E-state index in [0.29, 0.717) is 5.76 Å². The van der Waals surface area contributed by atoms with E-state index in [9.17, 15) is 0 Å². The van der Waals surface area contributed by atoms with Crippen LogP contribution in [0.4, 0.5) is 5.69 Å². The molecule has 23 heavy (non-hydrogen) atoms. The van der Waals surface area contributed by atoms with Crippen molar-refractivity contribution in [3.05, 3.63) is 60.2 Å². The zero-order valence-corrected chi connectivity index (χ0v) is 12.8. The van der Waals surface area contributed by atoms with Gasteiger partial charge in [0.1, 0.15) is 17.7 Å². The second-order valence-electron chi connectivity index (χ2n) is 5.37. The number of nitrogens with one attached hydrogen (secondary N) is 2. The molecule has 118 valence electrons. The fourth-order valence-corrected chi connectivity index (χ4v) is 2.60. The summed E-state index contributed by atoms with van der Waals surface area (Å²) >= 11 is 0. The van der Waals surface area contributed by atoms with Gasteiger partial charge in [0.15, 0.2) is 6.20 Å². The van der Waals surface area contributed by atoms with Crippen molar-refractivity contribution in [2.45, 2.75) is 19.3 Å². The molecular formula is C18H20N3O2+. The van der Waals surface area contributed by atoms with Crippen LogP contribution in [-0.2, 0) is 6.42 Å². The molecule has 2 aromatic heterocycles. The topological polar surface area (TPSA) is 71.9 Å². The number of aryl methyl sites for hydroxylation is 1. The number of pyridine rings is 1. The van der Waals surface area contributed by atoms with Crippen LogP contribution in [0.1, 0.15) is 24.4 Å². The number of hydrogen-bond donors (Lipinski definition) is 2. The van der Waals surface area contributed by atoms with E-state index in [-0.39, 0.29) is 0 Å². The number of furan rings is 1. The Bertz CT molecular complexity index is 790. The minimum atomic E-state index is 0.577. The highest BCUT2D eigenvalue weighted by molar-refractivity contribution is 5.88. The number of oxime groups is 1. The molecule has 0 saturated heterocycles. The van der Waals surface area contributed by atoms with Crippen molar-refractivity contribution in [3.8, 4) is 0 Å². The van der Waals surface area contributed by atoms with Crippen LogP contribution in [0.3, 0.4) is 0 Å². The van der Waals surface area contributed by atoms with E-state index in [2.05, 4.69) is 33.7 Å². The first-order valence-corrected chi connectivity index (χ1v) is 7.76. The molecule has 0 amide bonds. The molecule has 3 rings (SSSR count). The van der Waals surface area contributed by atoms with E-state index in [1.54, 1.807) is 6.07 Å². The van der Waals surface area contributed by atoms with Gasteiger partial charge in [-0.1, -0.05) is 17.3 Å². The number of rotatable bonds is 7. The van der Waals surface area contributed by atoms with Crippen molar-refractivity contribution in [1.29, 1.82) is 0 Å². The van der Waals surface area contributed by atoms with E-state index in [4.69, 9.17) is 9.62 Å². The summed E-state index contributed by atoms with van der Waals surface area (Å²) in [5, 5.41) is 16.1. The van der Waals surface area contributed by atoms with Crippen molar-refractivity contribution in [2.24, 2.45) is 5.16 Å². The number of anilines is 1. The lowest BCUT2D eigenvalue weighted by atomic mass is 10.1. The molecule has 0 unspecified atom stereocenters. The Morgan fingerprint density at radius 2 is 2.04 bits per heavy atom. The molecule has 0 saturated carbocycles. The van der Waals surface area contributed by atoms with Crippen molar-refractivity contribution in [2.75, 3.05) is 11.9 Å². The molecule has 3 N–H and O–H groups in total. The van der Waals surface area contributed by atoms with Crippen LogP contribution in [0.25, 0.3) is 10.9 Å². The van der Waals surface area contributed by atoms with Gasteiger partial charge in [-0.3, -0.25) is 0 Å². The SMILES string of the molecule is O/N=C\c1ccc(CCCCNc2cc[nH+]c3ccccc23)o1. The fraction of sp³-hybridized carbons (Fsp3) is 0.222. The molecule has 0 aliphatic rings. The normalized spacial score (nSPS) is 11.3. The van der Waals surface area contributed by atoms with Crippen molar-refractivity contribution in [3.63, 3.8) is 0 Å². The van der Waals surface area contributed by atoms with Crippen LogP contribution in [-0.4, -0.2) is 18.0 Å².